The van der Waals surface area contributed by atoms with Crippen LogP contribution < -0.4 is 0 Å². The van der Waals surface area contributed by atoms with Crippen molar-refractivity contribution >= 4 is 23.9 Å². The van der Waals surface area contributed by atoms with Crippen LogP contribution in [0.15, 0.2) is 0 Å². The van der Waals surface area contributed by atoms with Crippen LogP contribution in [0.5, 0.6) is 0 Å². The molecular formula is C15H24O8. The lowest BCUT2D eigenvalue weighted by Crippen LogP contribution is -2.46. The smallest absolute Gasteiger partial charge is 0.324 e. The van der Waals surface area contributed by atoms with Crippen LogP contribution in [-0.4, -0.2) is 48.3 Å². The van der Waals surface area contributed by atoms with Gasteiger partial charge in [0.05, 0.1) is 32.2 Å². The average Bonchev–Trinajstić information content (AvgIpc) is 2.46. The van der Waals surface area contributed by atoms with Gasteiger partial charge >= 0.3 is 23.9 Å². The molecule has 0 fully saturated rings. The lowest BCUT2D eigenvalue weighted by atomic mass is 9.81. The van der Waals surface area contributed by atoms with Crippen LogP contribution in [0.2, 0.25) is 0 Å². The van der Waals surface area contributed by atoms with Gasteiger partial charge in [0.1, 0.15) is 0 Å². The van der Waals surface area contributed by atoms with Crippen molar-refractivity contribution in [1.29, 1.82) is 0 Å². The zero-order chi connectivity index (χ0) is 18.0. The van der Waals surface area contributed by atoms with E-state index in [1.807, 2.05) is 0 Å². The number of hydrogen-bond acceptors (Lipinski definition) is 7. The maximum atomic E-state index is 12.2. The van der Waals surface area contributed by atoms with Crippen molar-refractivity contribution in [3.05, 3.63) is 0 Å². The van der Waals surface area contributed by atoms with Gasteiger partial charge in [0.2, 0.25) is 0 Å². The number of carbonyl (C=O) groups excluding carboxylic acids is 3. The summed E-state index contributed by atoms with van der Waals surface area (Å²) in [7, 11) is 0. The van der Waals surface area contributed by atoms with Crippen molar-refractivity contribution < 1.29 is 38.5 Å². The zero-order valence-electron chi connectivity index (χ0n) is 13.9. The highest BCUT2D eigenvalue weighted by Crippen LogP contribution is 2.32. The van der Waals surface area contributed by atoms with Crippen molar-refractivity contribution in [2.45, 2.75) is 53.1 Å². The summed E-state index contributed by atoms with van der Waals surface area (Å²) in [6, 6.07) is 0. The molecule has 8 heteroatoms. The fraction of sp³-hybridized carbons (Fsp3) is 0.733. The molecule has 23 heavy (non-hydrogen) atoms. The van der Waals surface area contributed by atoms with Crippen molar-refractivity contribution in [1.82, 2.24) is 0 Å². The van der Waals surface area contributed by atoms with Gasteiger partial charge in [0.25, 0.3) is 0 Å². The number of carbonyl (C=O) groups is 4. The molecular weight excluding hydrogens is 308 g/mol. The first-order valence-corrected chi connectivity index (χ1v) is 7.49. The van der Waals surface area contributed by atoms with Crippen molar-refractivity contribution in [3.63, 3.8) is 0 Å². The van der Waals surface area contributed by atoms with Crippen LogP contribution in [0.3, 0.4) is 0 Å². The molecule has 0 rings (SSSR count). The van der Waals surface area contributed by atoms with E-state index < -0.39 is 48.2 Å². The van der Waals surface area contributed by atoms with Gasteiger partial charge in [-0.3, -0.25) is 19.2 Å². The van der Waals surface area contributed by atoms with E-state index in [0.29, 0.717) is 6.42 Å². The summed E-state index contributed by atoms with van der Waals surface area (Å²) in [5.74, 6) is -4.51. The van der Waals surface area contributed by atoms with Gasteiger partial charge in [-0.15, -0.1) is 0 Å². The third-order valence-corrected chi connectivity index (χ3v) is 3.14. The molecule has 0 saturated carbocycles. The Morgan fingerprint density at radius 1 is 0.957 bits per heavy atom. The first-order valence-electron chi connectivity index (χ1n) is 7.49. The van der Waals surface area contributed by atoms with Gasteiger partial charge in [0.15, 0.2) is 5.41 Å². The van der Waals surface area contributed by atoms with E-state index in [-0.39, 0.29) is 13.2 Å². The van der Waals surface area contributed by atoms with Crippen LogP contribution in [0.1, 0.15) is 47.0 Å². The van der Waals surface area contributed by atoms with Crippen LogP contribution in [0, 0.1) is 5.41 Å². The van der Waals surface area contributed by atoms with Gasteiger partial charge in [-0.1, -0.05) is 6.92 Å². The van der Waals surface area contributed by atoms with Gasteiger partial charge in [-0.05, 0) is 27.2 Å². The molecule has 0 aliphatic carbocycles. The van der Waals surface area contributed by atoms with Crippen LogP contribution in [0.25, 0.3) is 0 Å². The van der Waals surface area contributed by atoms with Gasteiger partial charge in [-0.2, -0.15) is 0 Å². The maximum Gasteiger partial charge on any atom is 0.324 e. The Labute approximate surface area is 135 Å². The summed E-state index contributed by atoms with van der Waals surface area (Å²) in [4.78, 5) is 47.5. The summed E-state index contributed by atoms with van der Waals surface area (Å²) in [6.07, 6.45) is -1.55. The van der Waals surface area contributed by atoms with Crippen molar-refractivity contribution in [3.8, 4) is 0 Å². The minimum atomic E-state index is -2.25. The number of carboxylic acids is 1. The van der Waals surface area contributed by atoms with Gasteiger partial charge < -0.3 is 19.3 Å². The molecule has 0 heterocycles. The quantitative estimate of drug-likeness (QED) is 0.361. The minimum absolute atomic E-state index is 0.0694. The van der Waals surface area contributed by atoms with E-state index in [1.54, 1.807) is 13.8 Å². The first kappa shape index (κ1) is 20.9. The highest BCUT2D eigenvalue weighted by atomic mass is 16.6. The molecule has 1 N–H and O–H groups in total. The van der Waals surface area contributed by atoms with E-state index in [9.17, 15) is 19.2 Å². The second-order valence-corrected chi connectivity index (χ2v) is 4.98. The Balaban J connectivity index is 5.60. The molecule has 0 aromatic carbocycles. The topological polar surface area (TPSA) is 116 Å². The zero-order valence-corrected chi connectivity index (χ0v) is 13.9. The number of ether oxygens (including phenoxy) is 3. The molecule has 1 atom stereocenters. The number of hydrogen-bond donors (Lipinski definition) is 1. The second-order valence-electron chi connectivity index (χ2n) is 4.98. The number of aliphatic carboxylic acids is 1. The predicted molar refractivity (Wildman–Crippen MR) is 78.4 cm³/mol. The Hall–Kier alpha value is -2.12. The largest absolute Gasteiger partial charge is 0.481 e. The Kier molecular flexibility index (Phi) is 8.90. The van der Waals surface area contributed by atoms with E-state index in [2.05, 4.69) is 0 Å². The lowest BCUT2D eigenvalue weighted by Gasteiger charge is -2.27. The number of carboxylic acid groups (broad SMARTS) is 1. The lowest BCUT2D eigenvalue weighted by molar-refractivity contribution is -0.181. The summed E-state index contributed by atoms with van der Waals surface area (Å²) in [5, 5.41) is 9.06. The van der Waals surface area contributed by atoms with Crippen LogP contribution in [0.4, 0.5) is 0 Å². The Bertz CT molecular complexity index is 425. The molecule has 0 aliphatic heterocycles. The fourth-order valence-corrected chi connectivity index (χ4v) is 1.83. The van der Waals surface area contributed by atoms with Gasteiger partial charge in [-0.25, -0.2) is 0 Å². The molecule has 0 spiro atoms. The molecule has 0 saturated heterocycles. The first-order chi connectivity index (χ1) is 10.7. The van der Waals surface area contributed by atoms with E-state index >= 15 is 0 Å². The normalized spacial score (nSPS) is 12.2. The molecule has 0 aromatic rings. The molecule has 0 aromatic heterocycles. The third-order valence-electron chi connectivity index (χ3n) is 3.14. The Morgan fingerprint density at radius 2 is 1.43 bits per heavy atom. The molecule has 0 bridgehead atoms. The average molecular weight is 332 g/mol. The molecule has 0 radical (unpaired) electrons. The van der Waals surface area contributed by atoms with Crippen LogP contribution in [-0.2, 0) is 33.4 Å². The van der Waals surface area contributed by atoms with Gasteiger partial charge in [0, 0.05) is 0 Å². The minimum Gasteiger partial charge on any atom is -0.481 e. The van der Waals surface area contributed by atoms with Crippen molar-refractivity contribution in [2.24, 2.45) is 5.41 Å². The summed E-state index contributed by atoms with van der Waals surface area (Å²) in [6.45, 7) is 6.31. The number of esters is 3. The monoisotopic (exact) mass is 332 g/mol. The molecule has 8 nitrogen and oxygen atoms in total. The van der Waals surface area contributed by atoms with Crippen LogP contribution >= 0.6 is 0 Å². The molecule has 1 unspecified atom stereocenters. The predicted octanol–water partition coefficient (Wildman–Crippen LogP) is 1.31. The summed E-state index contributed by atoms with van der Waals surface area (Å²) in [5.41, 5.74) is -2.25. The Morgan fingerprint density at radius 3 is 1.78 bits per heavy atom. The highest BCUT2D eigenvalue weighted by molar-refractivity contribution is 6.05. The maximum absolute atomic E-state index is 12.2. The fourth-order valence-electron chi connectivity index (χ4n) is 1.83. The molecule has 0 amide bonds. The van der Waals surface area contributed by atoms with E-state index in [1.165, 1.54) is 13.8 Å². The van der Waals surface area contributed by atoms with E-state index in [4.69, 9.17) is 19.3 Å². The van der Waals surface area contributed by atoms with E-state index in [0.717, 1.165) is 0 Å². The number of rotatable bonds is 10. The molecule has 132 valence electrons. The highest BCUT2D eigenvalue weighted by Gasteiger charge is 2.52. The SMILES string of the molecule is CCOC(=O)C(CC(=O)O)(CC(=O)OC(C)CC)C(=O)OCC. The second kappa shape index (κ2) is 9.81. The molecule has 0 aliphatic rings. The third kappa shape index (κ3) is 6.25. The standard InChI is InChI=1S/C15H24O8/c1-5-10(4)23-12(18)9-15(8-11(16)17,13(19)21-6-2)14(20)22-7-3/h10H,5-9H2,1-4H3,(H,16,17). The van der Waals surface area contributed by atoms with Crippen molar-refractivity contribution in [2.75, 3.05) is 13.2 Å². The summed E-state index contributed by atoms with van der Waals surface area (Å²) < 4.78 is 14.6. The summed E-state index contributed by atoms with van der Waals surface area (Å²) >= 11 is 0.